The molecule has 2 aromatic heterocycles. The van der Waals surface area contributed by atoms with Crippen molar-refractivity contribution in [2.75, 3.05) is 68.7 Å². The Labute approximate surface area is 280 Å². The topological polar surface area (TPSA) is 127 Å². The number of nitrogens with one attached hydrogen (secondary N) is 1. The molecule has 2 N–H and O–H groups in total. The minimum atomic E-state index is -4.50. The summed E-state index contributed by atoms with van der Waals surface area (Å²) in [6, 6.07) is 8.27. The lowest BCUT2D eigenvalue weighted by atomic mass is 10.0. The Morgan fingerprint density at radius 3 is 2.31 bits per heavy atom. The predicted octanol–water partition coefficient (Wildman–Crippen LogP) is 3.73. The zero-order valence-electron chi connectivity index (χ0n) is 28.0. The van der Waals surface area contributed by atoms with Crippen LogP contribution >= 0.6 is 0 Å². The van der Waals surface area contributed by atoms with Crippen molar-refractivity contribution in [3.63, 3.8) is 0 Å². The molecule has 3 heterocycles. The largest absolute Gasteiger partial charge is 0.416 e. The molecule has 1 aliphatic heterocycles. The minimum Gasteiger partial charge on any atom is -0.390 e. The van der Waals surface area contributed by atoms with Crippen LogP contribution in [0.2, 0.25) is 0 Å². The molecule has 1 unspecified atom stereocenters. The number of likely N-dealkylation sites (tertiary alicyclic amines) is 1. The van der Waals surface area contributed by atoms with Crippen LogP contribution in [0.3, 0.4) is 0 Å². The van der Waals surface area contributed by atoms with Gasteiger partial charge in [0.2, 0.25) is 16.4 Å². The van der Waals surface area contributed by atoms with E-state index in [0.717, 1.165) is 36.3 Å². The standard InChI is InChI=1S/C32H45F3N8O4S/c1-6-15-42(48(5,46)47)19-24-18-41(38-30(24)23-7-9-25(10-8-23)32(33,34)35)21-27(45)20-40-16-13-26(14-17-40)43(22-44)31-28(36-2)11-12-29(37-31)39(3)4/h7-12,18,22,26-27,36,45H,6,13-17,19-21H2,1-5H3. The highest BCUT2D eigenvalue weighted by Gasteiger charge is 2.31. The van der Waals surface area contributed by atoms with E-state index in [9.17, 15) is 31.5 Å². The normalized spacial score (nSPS) is 15.5. The third-order valence-corrected chi connectivity index (χ3v) is 9.62. The number of pyridine rings is 1. The second kappa shape index (κ2) is 15.7. The van der Waals surface area contributed by atoms with E-state index in [1.165, 1.54) is 21.1 Å². The van der Waals surface area contributed by atoms with Crippen LogP contribution in [-0.4, -0.2) is 110 Å². The average molecular weight is 695 g/mol. The van der Waals surface area contributed by atoms with E-state index >= 15 is 0 Å². The molecule has 0 aliphatic carbocycles. The van der Waals surface area contributed by atoms with E-state index in [1.54, 1.807) is 18.1 Å². The van der Waals surface area contributed by atoms with E-state index in [2.05, 4.69) is 15.3 Å². The number of piperidine rings is 1. The molecule has 1 aromatic carbocycles. The van der Waals surface area contributed by atoms with Crippen LogP contribution in [0.5, 0.6) is 0 Å². The van der Waals surface area contributed by atoms with Crippen LogP contribution in [0.15, 0.2) is 42.6 Å². The van der Waals surface area contributed by atoms with E-state index in [4.69, 9.17) is 4.98 Å². The van der Waals surface area contributed by atoms with Gasteiger partial charge in [0, 0.05) is 77.2 Å². The SMILES string of the molecule is CCCN(Cc1cn(CC(O)CN2CCC(N(C=O)c3nc(N(C)C)ccc3NC)CC2)nc1-c1ccc(C(F)(F)F)cc1)S(C)(=O)=O. The van der Waals surface area contributed by atoms with Gasteiger partial charge in [0.25, 0.3) is 0 Å². The summed E-state index contributed by atoms with van der Waals surface area (Å²) < 4.78 is 67.4. The molecular formula is C32H45F3N8O4S. The number of sulfonamides is 1. The molecule has 48 heavy (non-hydrogen) atoms. The molecule has 4 rings (SSSR count). The van der Waals surface area contributed by atoms with Gasteiger partial charge in [0.1, 0.15) is 5.82 Å². The van der Waals surface area contributed by atoms with Crippen molar-refractivity contribution in [3.8, 4) is 11.3 Å². The number of aliphatic hydroxyl groups is 1. The van der Waals surface area contributed by atoms with Crippen molar-refractivity contribution in [1.82, 2.24) is 24.0 Å². The number of amides is 1. The molecule has 0 radical (unpaired) electrons. The molecule has 16 heteroatoms. The number of aromatic nitrogens is 3. The molecule has 0 spiro atoms. The zero-order valence-corrected chi connectivity index (χ0v) is 28.8. The molecule has 12 nitrogen and oxygen atoms in total. The van der Waals surface area contributed by atoms with Gasteiger partial charge in [-0.2, -0.15) is 22.6 Å². The Hall–Kier alpha value is -3.73. The van der Waals surface area contributed by atoms with Gasteiger partial charge in [-0.3, -0.25) is 14.4 Å². The first-order chi connectivity index (χ1) is 22.6. The predicted molar refractivity (Wildman–Crippen MR) is 180 cm³/mol. The van der Waals surface area contributed by atoms with Gasteiger partial charge in [0.15, 0.2) is 5.82 Å². The number of carbonyl (C=O) groups is 1. The summed E-state index contributed by atoms with van der Waals surface area (Å²) in [7, 11) is 1.99. The van der Waals surface area contributed by atoms with Gasteiger partial charge >= 0.3 is 6.18 Å². The van der Waals surface area contributed by atoms with Crippen LogP contribution < -0.4 is 15.1 Å². The lowest BCUT2D eigenvalue weighted by Gasteiger charge is -2.37. The number of β-amino-alcohol motifs (C(OH)–C–C–N with tert-alkyl or cyclic N) is 1. The summed E-state index contributed by atoms with van der Waals surface area (Å²) in [5.74, 6) is 1.29. The van der Waals surface area contributed by atoms with Gasteiger partial charge in [-0.1, -0.05) is 19.1 Å². The molecule has 264 valence electrons. The maximum Gasteiger partial charge on any atom is 0.416 e. The van der Waals surface area contributed by atoms with E-state index in [0.29, 0.717) is 61.5 Å². The maximum atomic E-state index is 13.2. The van der Waals surface area contributed by atoms with Gasteiger partial charge < -0.3 is 20.2 Å². The van der Waals surface area contributed by atoms with Crippen molar-refractivity contribution in [2.45, 2.75) is 57.6 Å². The van der Waals surface area contributed by atoms with Gasteiger partial charge in [0.05, 0.1) is 35.8 Å². The van der Waals surface area contributed by atoms with Crippen molar-refractivity contribution >= 4 is 33.8 Å². The number of anilines is 3. The molecule has 0 bridgehead atoms. The Bertz CT molecular complexity index is 1620. The van der Waals surface area contributed by atoms with Crippen LogP contribution in [-0.2, 0) is 34.1 Å². The second-order valence-corrected chi connectivity index (χ2v) is 14.3. The molecule has 3 aromatic rings. The quantitative estimate of drug-likeness (QED) is 0.229. The molecule has 1 fully saturated rings. The van der Waals surface area contributed by atoms with Crippen LogP contribution in [0, 0.1) is 0 Å². The summed E-state index contributed by atoms with van der Waals surface area (Å²) in [5, 5.41) is 18.8. The minimum absolute atomic E-state index is 0.0125. The van der Waals surface area contributed by atoms with Crippen LogP contribution in [0.1, 0.15) is 37.3 Å². The summed E-state index contributed by atoms with van der Waals surface area (Å²) in [4.78, 5) is 22.6. The Balaban J connectivity index is 1.46. The molecule has 1 saturated heterocycles. The molecule has 1 aliphatic rings. The van der Waals surface area contributed by atoms with E-state index < -0.39 is 27.9 Å². The number of carbonyl (C=O) groups excluding carboxylic acids is 1. The number of hydrogen-bond acceptors (Lipinski definition) is 9. The van der Waals surface area contributed by atoms with Gasteiger partial charge in [-0.15, -0.1) is 0 Å². The third-order valence-electron chi connectivity index (χ3n) is 8.38. The molecule has 0 saturated carbocycles. The number of benzene rings is 1. The Kier molecular flexibility index (Phi) is 12.1. The number of nitrogens with zero attached hydrogens (tertiary/aromatic N) is 7. The summed E-state index contributed by atoms with van der Waals surface area (Å²) in [6.45, 7) is 3.80. The highest BCUT2D eigenvalue weighted by atomic mass is 32.2. The van der Waals surface area contributed by atoms with Crippen LogP contribution in [0.25, 0.3) is 11.3 Å². The van der Waals surface area contributed by atoms with Gasteiger partial charge in [-0.25, -0.2) is 13.4 Å². The van der Waals surface area contributed by atoms with Crippen molar-refractivity contribution < 1.29 is 31.5 Å². The highest BCUT2D eigenvalue weighted by Crippen LogP contribution is 2.33. The van der Waals surface area contributed by atoms with Crippen molar-refractivity contribution in [2.24, 2.45) is 0 Å². The lowest BCUT2D eigenvalue weighted by molar-refractivity contribution is -0.137. The monoisotopic (exact) mass is 694 g/mol. The molecule has 1 amide bonds. The Morgan fingerprint density at radius 2 is 1.77 bits per heavy atom. The maximum absolute atomic E-state index is 13.2. The average Bonchev–Trinajstić information content (AvgIpc) is 3.42. The first-order valence-corrected chi connectivity index (χ1v) is 17.7. The summed E-state index contributed by atoms with van der Waals surface area (Å²) >= 11 is 0. The fourth-order valence-corrected chi connectivity index (χ4v) is 6.76. The number of hydrogen-bond donors (Lipinski definition) is 2. The number of rotatable bonds is 15. The van der Waals surface area contributed by atoms with Gasteiger partial charge in [-0.05, 0) is 43.5 Å². The third kappa shape index (κ3) is 9.24. The number of alkyl halides is 3. The number of halogens is 3. The summed E-state index contributed by atoms with van der Waals surface area (Å²) in [6.07, 6.45) is 0.154. The fraction of sp³-hybridized carbons (Fsp3) is 0.531. The second-order valence-electron chi connectivity index (χ2n) is 12.3. The molecular weight excluding hydrogens is 649 g/mol. The zero-order chi connectivity index (χ0) is 35.2. The first-order valence-electron chi connectivity index (χ1n) is 15.8. The van der Waals surface area contributed by atoms with Crippen molar-refractivity contribution in [1.29, 1.82) is 0 Å². The highest BCUT2D eigenvalue weighted by molar-refractivity contribution is 7.88. The summed E-state index contributed by atoms with van der Waals surface area (Å²) in [5.41, 5.74) is 1.22. The van der Waals surface area contributed by atoms with Crippen LogP contribution in [0.4, 0.5) is 30.5 Å². The smallest absolute Gasteiger partial charge is 0.390 e. The first kappa shape index (κ1) is 37.1. The molecule has 1 atom stereocenters. The fourth-order valence-electron chi connectivity index (χ4n) is 5.87. The van der Waals surface area contributed by atoms with Crippen molar-refractivity contribution in [3.05, 3.63) is 53.7 Å². The lowest BCUT2D eigenvalue weighted by Crippen LogP contribution is -2.47. The van der Waals surface area contributed by atoms with E-state index in [1.807, 2.05) is 38.1 Å². The van der Waals surface area contributed by atoms with E-state index in [-0.39, 0.29) is 25.7 Å². The number of aliphatic hydroxyl groups excluding tert-OH is 1. The Morgan fingerprint density at radius 1 is 1.10 bits per heavy atom.